The van der Waals surface area contributed by atoms with Crippen molar-refractivity contribution in [3.63, 3.8) is 0 Å². The van der Waals surface area contributed by atoms with Gasteiger partial charge < -0.3 is 15.1 Å². The summed E-state index contributed by atoms with van der Waals surface area (Å²) in [7, 11) is 5.95. The van der Waals surface area contributed by atoms with Crippen molar-refractivity contribution in [3.8, 4) is 0 Å². The van der Waals surface area contributed by atoms with Gasteiger partial charge in [0.15, 0.2) is 0 Å². The number of likely N-dealkylation sites (N-methyl/N-ethyl adjacent to an activating group) is 1. The van der Waals surface area contributed by atoms with E-state index in [4.69, 9.17) is 0 Å². The summed E-state index contributed by atoms with van der Waals surface area (Å²) in [5.41, 5.74) is 0.0255. The van der Waals surface area contributed by atoms with Gasteiger partial charge in [-0.1, -0.05) is 0 Å². The number of nitrogens with zero attached hydrogens (tertiary/aromatic N) is 5. The van der Waals surface area contributed by atoms with E-state index in [2.05, 4.69) is 32.1 Å². The average Bonchev–Trinajstić information content (AvgIpc) is 2.72. The topological polar surface area (TPSA) is 64.6 Å². The number of hydrogen-bond acceptors (Lipinski definition) is 6. The van der Waals surface area contributed by atoms with Crippen molar-refractivity contribution in [1.82, 2.24) is 19.8 Å². The van der Waals surface area contributed by atoms with E-state index in [1.54, 1.807) is 6.20 Å². The lowest BCUT2D eigenvalue weighted by Gasteiger charge is -2.49. The molecule has 2 saturated heterocycles. The standard InChI is InChI=1S/C16H26N6O/c1-17-13-5-8-18-15(19-13)22-11-10-21(3)16(12-22)6-4-14(23)20(2)9-7-16/h5,8H,4,6-7,9-12H2,1-3H3,(H,17,18,19)/t16-/m0/s1. The second-order valence-corrected chi connectivity index (χ2v) is 6.62. The molecule has 0 saturated carbocycles. The smallest absolute Gasteiger partial charge is 0.227 e. The monoisotopic (exact) mass is 318 g/mol. The minimum atomic E-state index is 0.0255. The van der Waals surface area contributed by atoms with Crippen LogP contribution in [-0.4, -0.2) is 78.5 Å². The molecule has 7 nitrogen and oxygen atoms in total. The van der Waals surface area contributed by atoms with Crippen LogP contribution >= 0.6 is 0 Å². The number of likely N-dealkylation sites (tertiary alicyclic amines) is 1. The zero-order valence-corrected chi connectivity index (χ0v) is 14.2. The van der Waals surface area contributed by atoms with E-state index >= 15 is 0 Å². The molecule has 0 aliphatic carbocycles. The second kappa shape index (κ2) is 6.31. The molecule has 0 bridgehead atoms. The van der Waals surface area contributed by atoms with Gasteiger partial charge in [-0.05, 0) is 26.0 Å². The van der Waals surface area contributed by atoms with Crippen molar-refractivity contribution in [2.24, 2.45) is 0 Å². The van der Waals surface area contributed by atoms with Crippen LogP contribution < -0.4 is 10.2 Å². The number of nitrogens with one attached hydrogen (secondary N) is 1. The van der Waals surface area contributed by atoms with E-state index in [-0.39, 0.29) is 11.4 Å². The van der Waals surface area contributed by atoms with Crippen LogP contribution in [-0.2, 0) is 4.79 Å². The zero-order chi connectivity index (χ0) is 16.4. The third kappa shape index (κ3) is 3.10. The number of piperazine rings is 1. The summed E-state index contributed by atoms with van der Waals surface area (Å²) in [6.07, 6.45) is 4.30. The largest absolute Gasteiger partial charge is 0.373 e. The first kappa shape index (κ1) is 16.0. The van der Waals surface area contributed by atoms with E-state index in [9.17, 15) is 4.79 Å². The van der Waals surface area contributed by atoms with Crippen LogP contribution in [0.15, 0.2) is 12.3 Å². The Labute approximate surface area is 137 Å². The molecule has 1 aromatic rings. The van der Waals surface area contributed by atoms with Gasteiger partial charge in [0.2, 0.25) is 11.9 Å². The molecule has 2 aliphatic rings. The van der Waals surface area contributed by atoms with Gasteiger partial charge in [0.25, 0.3) is 0 Å². The Morgan fingerprint density at radius 1 is 1.22 bits per heavy atom. The molecule has 3 heterocycles. The molecule has 1 aromatic heterocycles. The molecule has 2 aliphatic heterocycles. The first-order valence-electron chi connectivity index (χ1n) is 8.25. The maximum atomic E-state index is 12.0. The van der Waals surface area contributed by atoms with Gasteiger partial charge in [-0.25, -0.2) is 4.98 Å². The Kier molecular flexibility index (Phi) is 4.39. The summed E-state index contributed by atoms with van der Waals surface area (Å²) in [6, 6.07) is 1.87. The number of amides is 1. The van der Waals surface area contributed by atoms with E-state index in [1.165, 1.54) is 0 Å². The summed E-state index contributed by atoms with van der Waals surface area (Å²) in [4.78, 5) is 27.6. The van der Waals surface area contributed by atoms with Gasteiger partial charge in [0.1, 0.15) is 5.82 Å². The van der Waals surface area contributed by atoms with Crippen LogP contribution in [0.4, 0.5) is 11.8 Å². The molecule has 2 fully saturated rings. The number of anilines is 2. The molecule has 1 N–H and O–H groups in total. The first-order valence-corrected chi connectivity index (χ1v) is 8.25. The van der Waals surface area contributed by atoms with Gasteiger partial charge in [-0.3, -0.25) is 9.69 Å². The molecule has 3 rings (SSSR count). The Morgan fingerprint density at radius 3 is 2.83 bits per heavy atom. The zero-order valence-electron chi connectivity index (χ0n) is 14.2. The quantitative estimate of drug-likeness (QED) is 0.864. The van der Waals surface area contributed by atoms with Crippen molar-refractivity contribution in [3.05, 3.63) is 12.3 Å². The summed E-state index contributed by atoms with van der Waals surface area (Å²) < 4.78 is 0. The lowest BCUT2D eigenvalue weighted by Crippen LogP contribution is -2.61. The highest BCUT2D eigenvalue weighted by atomic mass is 16.2. The fourth-order valence-corrected chi connectivity index (χ4v) is 3.57. The van der Waals surface area contributed by atoms with Crippen molar-refractivity contribution < 1.29 is 4.79 Å². The molecular formula is C16H26N6O. The summed E-state index contributed by atoms with van der Waals surface area (Å²) in [6.45, 7) is 3.56. The molecule has 7 heteroatoms. The molecule has 1 atom stereocenters. The highest BCUT2D eigenvalue weighted by Gasteiger charge is 2.42. The van der Waals surface area contributed by atoms with Gasteiger partial charge in [-0.2, -0.15) is 4.98 Å². The predicted molar refractivity (Wildman–Crippen MR) is 90.6 cm³/mol. The Hall–Kier alpha value is -1.89. The molecule has 0 aromatic carbocycles. The molecule has 23 heavy (non-hydrogen) atoms. The Morgan fingerprint density at radius 2 is 2.04 bits per heavy atom. The van der Waals surface area contributed by atoms with Crippen molar-refractivity contribution in [2.75, 3.05) is 57.5 Å². The van der Waals surface area contributed by atoms with Crippen molar-refractivity contribution >= 4 is 17.7 Å². The third-order valence-corrected chi connectivity index (χ3v) is 5.32. The Balaban J connectivity index is 1.82. The van der Waals surface area contributed by atoms with Gasteiger partial charge in [-0.15, -0.1) is 0 Å². The molecule has 0 radical (unpaired) electrons. The van der Waals surface area contributed by atoms with Crippen LogP contribution in [0.5, 0.6) is 0 Å². The molecule has 1 amide bonds. The minimum Gasteiger partial charge on any atom is -0.373 e. The van der Waals surface area contributed by atoms with Gasteiger partial charge >= 0.3 is 0 Å². The average molecular weight is 318 g/mol. The SMILES string of the molecule is CNc1ccnc(N2CCN(C)[C@]3(CCC(=O)N(C)CC3)C2)n1. The number of hydrogen-bond donors (Lipinski definition) is 1. The van der Waals surface area contributed by atoms with Gasteiger partial charge in [0.05, 0.1) is 0 Å². The third-order valence-electron chi connectivity index (χ3n) is 5.32. The fourth-order valence-electron chi connectivity index (χ4n) is 3.57. The van der Waals surface area contributed by atoms with E-state index in [0.29, 0.717) is 6.42 Å². The predicted octanol–water partition coefficient (Wildman–Crippen LogP) is 0.651. The van der Waals surface area contributed by atoms with Gasteiger partial charge in [0, 0.05) is 58.4 Å². The number of aromatic nitrogens is 2. The first-order chi connectivity index (χ1) is 11.0. The van der Waals surface area contributed by atoms with E-state index in [0.717, 1.165) is 50.8 Å². The summed E-state index contributed by atoms with van der Waals surface area (Å²) >= 11 is 0. The van der Waals surface area contributed by atoms with Crippen molar-refractivity contribution in [1.29, 1.82) is 0 Å². The highest BCUT2D eigenvalue weighted by molar-refractivity contribution is 5.76. The fraction of sp³-hybridized carbons (Fsp3) is 0.688. The maximum Gasteiger partial charge on any atom is 0.227 e. The lowest BCUT2D eigenvalue weighted by molar-refractivity contribution is -0.129. The van der Waals surface area contributed by atoms with Crippen LogP contribution in [0, 0.1) is 0 Å². The summed E-state index contributed by atoms with van der Waals surface area (Å²) in [5, 5.41) is 3.07. The number of rotatable bonds is 2. The molecular weight excluding hydrogens is 292 g/mol. The minimum absolute atomic E-state index is 0.0255. The van der Waals surface area contributed by atoms with Crippen LogP contribution in [0.3, 0.4) is 0 Å². The lowest BCUT2D eigenvalue weighted by atomic mass is 9.86. The summed E-state index contributed by atoms with van der Waals surface area (Å²) in [5.74, 6) is 1.85. The highest BCUT2D eigenvalue weighted by Crippen LogP contribution is 2.33. The van der Waals surface area contributed by atoms with Crippen LogP contribution in [0.1, 0.15) is 19.3 Å². The number of carbonyl (C=O) groups excluding carboxylic acids is 1. The Bertz CT molecular complexity index is 579. The molecule has 1 spiro atoms. The van der Waals surface area contributed by atoms with Crippen molar-refractivity contribution in [2.45, 2.75) is 24.8 Å². The van der Waals surface area contributed by atoms with Crippen LogP contribution in [0.25, 0.3) is 0 Å². The van der Waals surface area contributed by atoms with E-state index in [1.807, 2.05) is 25.1 Å². The normalized spacial score (nSPS) is 26.5. The second-order valence-electron chi connectivity index (χ2n) is 6.62. The molecule has 0 unspecified atom stereocenters. The van der Waals surface area contributed by atoms with Crippen LogP contribution in [0.2, 0.25) is 0 Å². The van der Waals surface area contributed by atoms with E-state index < -0.39 is 0 Å². The molecule has 126 valence electrons. The number of carbonyl (C=O) groups is 1. The maximum absolute atomic E-state index is 12.0.